The molecule has 3 amide bonds. The number of carboxylic acid groups (broad SMARTS) is 1. The lowest BCUT2D eigenvalue weighted by Gasteiger charge is -2.40. The first-order chi connectivity index (χ1) is 17.9. The molecule has 2 N–H and O–H groups in total. The Morgan fingerprint density at radius 3 is 2.59 bits per heavy atom. The zero-order valence-corrected chi connectivity index (χ0v) is 20.5. The van der Waals surface area contributed by atoms with E-state index in [-0.39, 0.29) is 19.1 Å². The molecule has 1 saturated heterocycles. The third kappa shape index (κ3) is 4.72. The summed E-state index contributed by atoms with van der Waals surface area (Å²) in [6.07, 6.45) is -0.489. The van der Waals surface area contributed by atoms with Gasteiger partial charge in [0.25, 0.3) is 5.91 Å². The van der Waals surface area contributed by atoms with Crippen LogP contribution in [-0.4, -0.2) is 71.4 Å². The minimum Gasteiger partial charge on any atom is -0.490 e. The molecule has 1 fully saturated rings. The van der Waals surface area contributed by atoms with Gasteiger partial charge in [0.1, 0.15) is 23.8 Å². The van der Waals surface area contributed by atoms with Crippen molar-refractivity contribution in [1.82, 2.24) is 15.2 Å². The average Bonchev–Trinajstić information content (AvgIpc) is 3.15. The number of rotatable bonds is 7. The van der Waals surface area contributed by atoms with E-state index in [2.05, 4.69) is 10.4 Å². The molecule has 37 heavy (non-hydrogen) atoms. The van der Waals surface area contributed by atoms with Gasteiger partial charge in [-0.2, -0.15) is 5.10 Å². The van der Waals surface area contributed by atoms with Crippen LogP contribution in [0.5, 0.6) is 5.75 Å². The molecular formula is C28H28N4O5. The second-order valence-corrected chi connectivity index (χ2v) is 9.42. The van der Waals surface area contributed by atoms with Gasteiger partial charge in [0.15, 0.2) is 0 Å². The van der Waals surface area contributed by atoms with Crippen molar-refractivity contribution in [3.63, 3.8) is 0 Å². The number of nitrogens with one attached hydrogen (secondary N) is 1. The molecule has 3 aromatic carbocycles. The van der Waals surface area contributed by atoms with Gasteiger partial charge in [-0.05, 0) is 23.4 Å². The van der Waals surface area contributed by atoms with Gasteiger partial charge in [-0.3, -0.25) is 9.59 Å². The lowest BCUT2D eigenvalue weighted by molar-refractivity contribution is -0.141. The van der Waals surface area contributed by atoms with Gasteiger partial charge in [0.2, 0.25) is 5.91 Å². The highest BCUT2D eigenvalue weighted by Crippen LogP contribution is 2.38. The lowest BCUT2D eigenvalue weighted by Crippen LogP contribution is -2.59. The zero-order chi connectivity index (χ0) is 26.0. The maximum Gasteiger partial charge on any atom is 0.405 e. The van der Waals surface area contributed by atoms with Crippen molar-refractivity contribution in [3.8, 4) is 5.75 Å². The third-order valence-corrected chi connectivity index (χ3v) is 7.02. The highest BCUT2D eigenvalue weighted by Gasteiger charge is 2.53. The molecule has 9 heteroatoms. The molecule has 0 unspecified atom stereocenters. The van der Waals surface area contributed by atoms with Crippen molar-refractivity contribution < 1.29 is 24.2 Å². The van der Waals surface area contributed by atoms with Gasteiger partial charge in [-0.1, -0.05) is 66.7 Å². The number of hydrogen-bond donors (Lipinski definition) is 2. The molecule has 0 spiro atoms. The molecule has 2 aliphatic heterocycles. The van der Waals surface area contributed by atoms with Crippen LogP contribution in [0.25, 0.3) is 10.8 Å². The highest BCUT2D eigenvalue weighted by molar-refractivity contribution is 6.13. The highest BCUT2D eigenvalue weighted by atomic mass is 16.5. The summed E-state index contributed by atoms with van der Waals surface area (Å²) < 4.78 is 5.97. The van der Waals surface area contributed by atoms with Crippen molar-refractivity contribution >= 4 is 34.4 Å². The Labute approximate surface area is 214 Å². The van der Waals surface area contributed by atoms with Gasteiger partial charge in [0.05, 0.1) is 5.71 Å². The average molecular weight is 501 g/mol. The standard InChI is InChI=1S/C28H28N4O5/c1-31-26(34)28(16-19-8-3-2-4-9-19)18-32(15-14-24(28)30-31)25(33)22(29-27(35)36)17-37-23-13-7-11-20-10-5-6-12-21(20)23/h2-13,22,29H,14-18H2,1H3,(H,35,36)/t22-,28-/m1/s1. The molecule has 5 rings (SSSR count). The van der Waals surface area contributed by atoms with Gasteiger partial charge in [-0.25, -0.2) is 9.80 Å². The van der Waals surface area contributed by atoms with E-state index in [4.69, 9.17) is 4.74 Å². The van der Waals surface area contributed by atoms with Crippen molar-refractivity contribution in [2.75, 3.05) is 26.7 Å². The van der Waals surface area contributed by atoms with E-state index in [0.29, 0.717) is 25.1 Å². The second kappa shape index (κ2) is 9.93. The van der Waals surface area contributed by atoms with E-state index in [1.165, 1.54) is 5.01 Å². The second-order valence-electron chi connectivity index (χ2n) is 9.42. The summed E-state index contributed by atoms with van der Waals surface area (Å²) >= 11 is 0. The van der Waals surface area contributed by atoms with Crippen LogP contribution in [-0.2, 0) is 16.0 Å². The number of amides is 3. The Morgan fingerprint density at radius 2 is 1.81 bits per heavy atom. The lowest BCUT2D eigenvalue weighted by atomic mass is 9.73. The van der Waals surface area contributed by atoms with Gasteiger partial charge in [0, 0.05) is 31.9 Å². The fourth-order valence-corrected chi connectivity index (χ4v) is 5.25. The molecule has 0 radical (unpaired) electrons. The van der Waals surface area contributed by atoms with Crippen LogP contribution < -0.4 is 10.1 Å². The number of piperidine rings is 1. The molecule has 0 saturated carbocycles. The van der Waals surface area contributed by atoms with Crippen LogP contribution in [0.4, 0.5) is 4.79 Å². The third-order valence-electron chi connectivity index (χ3n) is 7.02. The van der Waals surface area contributed by atoms with Crippen molar-refractivity contribution in [1.29, 1.82) is 0 Å². The summed E-state index contributed by atoms with van der Waals surface area (Å²) in [5.41, 5.74) is 0.740. The van der Waals surface area contributed by atoms with Crippen LogP contribution in [0.15, 0.2) is 77.9 Å². The Kier molecular flexibility index (Phi) is 6.52. The number of benzene rings is 3. The van der Waals surface area contributed by atoms with Crippen LogP contribution >= 0.6 is 0 Å². The number of nitrogens with zero attached hydrogens (tertiary/aromatic N) is 3. The molecule has 0 aliphatic carbocycles. The van der Waals surface area contributed by atoms with E-state index < -0.39 is 23.5 Å². The summed E-state index contributed by atoms with van der Waals surface area (Å²) in [5, 5.41) is 19.4. The minimum atomic E-state index is -1.32. The topological polar surface area (TPSA) is 112 Å². The van der Waals surface area contributed by atoms with E-state index in [1.54, 1.807) is 18.0 Å². The Hall–Kier alpha value is -4.40. The molecule has 0 bridgehead atoms. The largest absolute Gasteiger partial charge is 0.490 e. The maximum atomic E-state index is 13.6. The first-order valence-corrected chi connectivity index (χ1v) is 12.2. The first-order valence-electron chi connectivity index (χ1n) is 12.2. The maximum absolute atomic E-state index is 13.6. The smallest absolute Gasteiger partial charge is 0.405 e. The van der Waals surface area contributed by atoms with Crippen LogP contribution in [0.1, 0.15) is 12.0 Å². The Morgan fingerprint density at radius 1 is 1.08 bits per heavy atom. The zero-order valence-electron chi connectivity index (χ0n) is 20.5. The number of ether oxygens (including phenoxy) is 1. The monoisotopic (exact) mass is 500 g/mol. The van der Waals surface area contributed by atoms with Crippen LogP contribution in [0, 0.1) is 5.41 Å². The van der Waals surface area contributed by atoms with Crippen molar-refractivity contribution in [2.45, 2.75) is 18.9 Å². The predicted molar refractivity (Wildman–Crippen MR) is 138 cm³/mol. The van der Waals surface area contributed by atoms with E-state index in [1.807, 2.05) is 66.7 Å². The molecule has 0 aromatic heterocycles. The summed E-state index contributed by atoms with van der Waals surface area (Å²) in [7, 11) is 1.62. The Balaban J connectivity index is 1.38. The number of likely N-dealkylation sites (tertiary alicyclic amines) is 1. The molecular weight excluding hydrogens is 472 g/mol. The molecule has 2 atom stereocenters. The van der Waals surface area contributed by atoms with Crippen LogP contribution in [0.3, 0.4) is 0 Å². The molecule has 3 aromatic rings. The summed E-state index contributed by atoms with van der Waals surface area (Å²) in [4.78, 5) is 40.1. The molecule has 190 valence electrons. The first kappa shape index (κ1) is 24.3. The number of carbonyl (C=O) groups excluding carboxylic acids is 2. The number of carbonyl (C=O) groups is 3. The SMILES string of the molecule is CN1N=C2CCN(C(=O)[C@@H](COc3cccc4ccccc34)NC(=O)O)C[C@@]2(Cc2ccccc2)C1=O. The number of hydrogen-bond acceptors (Lipinski definition) is 5. The Bertz CT molecular complexity index is 1370. The molecule has 2 heterocycles. The van der Waals surface area contributed by atoms with E-state index >= 15 is 0 Å². The fraction of sp³-hybridized carbons (Fsp3) is 0.286. The normalized spacial score (nSPS) is 19.8. The predicted octanol–water partition coefficient (Wildman–Crippen LogP) is 3.14. The fourth-order valence-electron chi connectivity index (χ4n) is 5.25. The number of hydrazone groups is 1. The van der Waals surface area contributed by atoms with Gasteiger partial charge >= 0.3 is 6.09 Å². The quantitative estimate of drug-likeness (QED) is 0.518. The van der Waals surface area contributed by atoms with Crippen LogP contribution in [0.2, 0.25) is 0 Å². The van der Waals surface area contributed by atoms with Crippen molar-refractivity contribution in [3.05, 3.63) is 78.4 Å². The van der Waals surface area contributed by atoms with Gasteiger partial charge in [-0.15, -0.1) is 0 Å². The molecule has 2 aliphatic rings. The summed E-state index contributed by atoms with van der Waals surface area (Å²) in [5.74, 6) is -0.0422. The van der Waals surface area contributed by atoms with Crippen molar-refractivity contribution in [2.24, 2.45) is 10.5 Å². The summed E-state index contributed by atoms with van der Waals surface area (Å²) in [6.45, 7) is 0.270. The number of fused-ring (bicyclic) bond motifs is 2. The molecule has 9 nitrogen and oxygen atoms in total. The van der Waals surface area contributed by atoms with E-state index in [0.717, 1.165) is 22.0 Å². The minimum absolute atomic E-state index is 0.120. The van der Waals surface area contributed by atoms with Gasteiger partial charge < -0.3 is 20.1 Å². The van der Waals surface area contributed by atoms with E-state index in [9.17, 15) is 19.5 Å². The summed E-state index contributed by atoms with van der Waals surface area (Å²) in [6, 6.07) is 21.8.